The number of aryl methyl sites for hydroxylation is 2. The number of aromatic hydroxyl groups is 1. The SMILES string of the molecule is CC1(C)OB(c2ccc(NC3CCOCC3)c(C#N)c2)OC1(C)C.CN(C)C(=O)c1cnc(-c2cc3ncc(C4CC4)c(-c4ccc(NC5CCOCC5)c(C#N)c4)c3o2)c(O)c1.COc1cc(C(=O)N(C)C)cnc1-c1cc2ncc(C3CC3)c(Cl)c2o1.Cc1cc(C(=O)N(C)C)cnc1I.Cc1cc2ncc(C3CC3)c(Cl)c2o1.Clc1c(C2CC2)cnc2cc(I)oc12.[Mo]. The molecule has 34 heteroatoms. The van der Waals surface area contributed by atoms with Crippen molar-refractivity contribution >= 4 is 166 Å². The average molecular weight is 2140 g/mol. The van der Waals surface area contributed by atoms with Crippen molar-refractivity contribution in [3.05, 3.63) is 206 Å². The number of fused-ring (bicyclic) bond motifs is 4. The molecule has 3 N–H and O–H groups in total. The third-order valence-corrected chi connectivity index (χ3v) is 26.7. The normalized spacial score (nSPS) is 16.1. The van der Waals surface area contributed by atoms with Gasteiger partial charge in [-0.25, -0.2) is 15.0 Å². The van der Waals surface area contributed by atoms with Crippen LogP contribution in [0, 0.1) is 44.0 Å². The number of hydrogen-bond acceptors (Lipinski definition) is 24. The number of ether oxygens (including phenoxy) is 3. The number of carbonyl (C=O) groups excluding carboxylic acids is 3. The van der Waals surface area contributed by atoms with E-state index in [1.807, 2.05) is 121 Å². The Morgan fingerprint density at radius 1 is 0.496 bits per heavy atom. The zero-order valence-electron chi connectivity index (χ0n) is 74.9. The van der Waals surface area contributed by atoms with Gasteiger partial charge in [0.25, 0.3) is 17.7 Å². The third kappa shape index (κ3) is 22.7. The fourth-order valence-electron chi connectivity index (χ4n) is 15.3. The molecule has 680 valence electrons. The molecule has 11 aromatic heterocycles. The van der Waals surface area contributed by atoms with Crippen molar-refractivity contribution in [1.82, 2.24) is 49.6 Å². The van der Waals surface area contributed by atoms with Gasteiger partial charge in [-0.1, -0.05) is 46.9 Å². The van der Waals surface area contributed by atoms with Crippen molar-refractivity contribution in [2.45, 2.75) is 166 Å². The number of hydrogen-bond donors (Lipinski definition) is 3. The standard InChI is InChI=1S/C30H29N5O4.C19H18ClN3O3.C18H25BN2O3.C11H10ClNO.C10H7ClINO.C9H11IN2O.Mo/c1-35(2)30(37)20-12-25(36)28(33-15-20)26-13-24-29(39-26)27(22(16-32-24)17-3-4-17)18-5-6-23(19(11-18)14-31)34-21-7-9-38-10-8-21;1-23(2)19(24)11-6-14(25-3)17(22-8-11)15-7-13-18(26-15)16(20)12(9-21-13)10-4-5-10;1-17(2)18(3,4)24-19(23-17)14-5-6-16(13(11-14)12-20)21-15-7-9-22-10-8-15;1-6-4-9-11(14-6)10(12)8(5-13-9)7-2-3-7;11-9-6(5-1-2-5)4-13-7-3-8(12)14-10(7)9;1-6-4-7(5-11-8(6)10)9(13)12(2)3;/h5-6,11-13,15-17,21,34,36H,3-4,7-10H2,1-2H3;6-10H,4-5H2,1-3H3;5-6,11,15,21H,7-10H2,1-4H3;4-5,7H,2-3H2,1H3;3-5H,1-2H2;4-5H,1-3H3;. The van der Waals surface area contributed by atoms with Crippen molar-refractivity contribution in [1.29, 1.82) is 10.5 Å². The predicted molar refractivity (Wildman–Crippen MR) is 519 cm³/mol. The number of benzene rings is 2. The first kappa shape index (κ1) is 97.2. The zero-order chi connectivity index (χ0) is 92.3. The van der Waals surface area contributed by atoms with E-state index in [-0.39, 0.29) is 73.0 Å². The molecule has 7 fully saturated rings. The zero-order valence-corrected chi connectivity index (χ0v) is 83.5. The molecule has 0 radical (unpaired) electrons. The Balaban J connectivity index is 0.000000133. The molecule has 3 amide bonds. The first-order chi connectivity index (χ1) is 62.3. The Bertz CT molecular complexity index is 6410. The van der Waals surface area contributed by atoms with Crippen LogP contribution < -0.4 is 20.8 Å². The summed E-state index contributed by atoms with van der Waals surface area (Å²) in [6.45, 7) is 14.9. The minimum atomic E-state index is -0.445. The van der Waals surface area contributed by atoms with E-state index in [9.17, 15) is 30.0 Å². The van der Waals surface area contributed by atoms with E-state index in [1.165, 1.54) is 61.1 Å². The molecular formula is C97H100BCl3I2MoN14O13. The number of methoxy groups -OCH3 is 1. The molecule has 3 saturated heterocycles. The Morgan fingerprint density at radius 3 is 1.39 bits per heavy atom. The average Bonchev–Trinajstić information content (AvgIpc) is 1.64. The molecule has 0 unspecified atom stereocenters. The summed E-state index contributed by atoms with van der Waals surface area (Å²) in [6.07, 6.45) is 25.1. The fraction of sp³-hybridized carbons (Fsp3) is 0.381. The van der Waals surface area contributed by atoms with E-state index in [4.69, 9.17) is 76.0 Å². The number of furan rings is 4. The maximum Gasteiger partial charge on any atom is 0.494 e. The van der Waals surface area contributed by atoms with E-state index in [0.717, 1.165) is 179 Å². The van der Waals surface area contributed by atoms with E-state index in [1.54, 1.807) is 71.6 Å². The van der Waals surface area contributed by atoms with Gasteiger partial charge in [-0.3, -0.25) is 34.3 Å². The molecule has 3 aliphatic heterocycles. The second-order valence-corrected chi connectivity index (χ2v) is 38.2. The van der Waals surface area contributed by atoms with Crippen LogP contribution in [0.1, 0.15) is 204 Å². The Morgan fingerprint density at radius 2 is 0.908 bits per heavy atom. The molecule has 0 bridgehead atoms. The minimum absolute atomic E-state index is 0. The van der Waals surface area contributed by atoms with Gasteiger partial charge in [-0.2, -0.15) is 10.5 Å². The number of rotatable bonds is 16. The smallest absolute Gasteiger partial charge is 0.494 e. The molecule has 20 rings (SSSR count). The van der Waals surface area contributed by atoms with Crippen molar-refractivity contribution < 1.29 is 81.7 Å². The third-order valence-electron chi connectivity index (χ3n) is 23.9. The number of halogens is 5. The molecule has 0 atom stereocenters. The van der Waals surface area contributed by atoms with Crippen molar-refractivity contribution in [3.8, 4) is 57.7 Å². The molecule has 4 saturated carbocycles. The molecule has 27 nitrogen and oxygen atoms in total. The van der Waals surface area contributed by atoms with E-state index >= 15 is 0 Å². The van der Waals surface area contributed by atoms with Crippen LogP contribution in [0.5, 0.6) is 11.5 Å². The number of nitriles is 2. The van der Waals surface area contributed by atoms with Gasteiger partial charge in [0.15, 0.2) is 37.6 Å². The number of nitrogens with zero attached hydrogens (tertiary/aromatic N) is 12. The van der Waals surface area contributed by atoms with Gasteiger partial charge in [0.1, 0.15) is 66.6 Å². The van der Waals surface area contributed by atoms with Crippen LogP contribution in [-0.2, 0) is 39.8 Å². The van der Waals surface area contributed by atoms with Crippen molar-refractivity contribution in [2.24, 2.45) is 0 Å². The molecular weight excluding hydrogens is 2040 g/mol. The maximum atomic E-state index is 12.3. The van der Waals surface area contributed by atoms with Gasteiger partial charge in [0, 0.05) is 175 Å². The molecule has 2 aromatic carbocycles. The van der Waals surface area contributed by atoms with Crippen molar-refractivity contribution in [2.75, 3.05) is 86.5 Å². The number of anilines is 2. The van der Waals surface area contributed by atoms with Crippen LogP contribution in [0.3, 0.4) is 0 Å². The van der Waals surface area contributed by atoms with Crippen LogP contribution >= 0.6 is 80.0 Å². The summed E-state index contributed by atoms with van der Waals surface area (Å²) in [5, 5.41) is 39.3. The number of pyridine rings is 7. The second-order valence-electron chi connectivity index (χ2n) is 35.0. The Labute approximate surface area is 816 Å². The van der Waals surface area contributed by atoms with Crippen molar-refractivity contribution in [3.63, 3.8) is 0 Å². The number of carbonyl (C=O) groups is 3. The first-order valence-electron chi connectivity index (χ1n) is 43.2. The minimum Gasteiger partial charge on any atom is -0.506 e. The molecule has 4 aliphatic carbocycles. The van der Waals surface area contributed by atoms with Crippen LogP contribution in [0.2, 0.25) is 15.1 Å². The molecule has 13 aromatic rings. The van der Waals surface area contributed by atoms with E-state index < -0.39 is 7.12 Å². The molecule has 7 aliphatic rings. The summed E-state index contributed by atoms with van der Waals surface area (Å²) in [5.74, 6) is 3.71. The van der Waals surface area contributed by atoms with Crippen LogP contribution in [0.15, 0.2) is 140 Å². The fourth-order valence-corrected chi connectivity index (χ4v) is 17.1. The number of aromatic nitrogens is 7. The summed E-state index contributed by atoms with van der Waals surface area (Å²) in [4.78, 5) is 71.0. The van der Waals surface area contributed by atoms with Gasteiger partial charge in [0.2, 0.25) is 0 Å². The van der Waals surface area contributed by atoms with E-state index in [2.05, 4.69) is 103 Å². The molecule has 0 spiro atoms. The second kappa shape index (κ2) is 41.7. The van der Waals surface area contributed by atoms with Gasteiger partial charge in [-0.15, -0.1) is 0 Å². The van der Waals surface area contributed by atoms with Crippen LogP contribution in [0.4, 0.5) is 11.4 Å². The monoisotopic (exact) mass is 2140 g/mol. The predicted octanol–water partition coefficient (Wildman–Crippen LogP) is 21.2. The summed E-state index contributed by atoms with van der Waals surface area (Å²) < 4.78 is 53.5. The van der Waals surface area contributed by atoms with Gasteiger partial charge >= 0.3 is 7.12 Å². The van der Waals surface area contributed by atoms with Crippen LogP contribution in [0.25, 0.3) is 78.4 Å². The number of amides is 3. The summed E-state index contributed by atoms with van der Waals surface area (Å²) in [5.41, 5.74) is 17.9. The first-order valence-corrected chi connectivity index (χ1v) is 46.5. The molecule has 14 heterocycles. The van der Waals surface area contributed by atoms with Gasteiger partial charge < -0.3 is 71.6 Å². The summed E-state index contributed by atoms with van der Waals surface area (Å²) in [6, 6.07) is 29.2. The maximum absolute atomic E-state index is 12.3. The summed E-state index contributed by atoms with van der Waals surface area (Å²) in [7, 11) is 11.2. The largest absolute Gasteiger partial charge is 0.506 e. The Hall–Kier alpha value is -9.84. The quantitative estimate of drug-likeness (QED) is 0.0459. The number of nitrogens with one attached hydrogen (secondary N) is 2. The van der Waals surface area contributed by atoms with Gasteiger partial charge in [0.05, 0.1) is 72.6 Å². The topological polar surface area (TPSA) is 342 Å². The summed E-state index contributed by atoms with van der Waals surface area (Å²) >= 11 is 23.3. The molecule has 131 heavy (non-hydrogen) atoms. The van der Waals surface area contributed by atoms with E-state index in [0.29, 0.717) is 102 Å². The van der Waals surface area contributed by atoms with Gasteiger partial charge in [-0.05, 0) is 269 Å². The Kier molecular flexibility index (Phi) is 31.0. The van der Waals surface area contributed by atoms with Crippen LogP contribution in [-0.4, -0.2) is 179 Å².